The molecule has 82 valence electrons. The van der Waals surface area contributed by atoms with Gasteiger partial charge in [-0.2, -0.15) is 0 Å². The minimum atomic E-state index is 0.466. The molecule has 0 spiro atoms. The molecule has 4 nitrogen and oxygen atoms in total. The van der Waals surface area contributed by atoms with Gasteiger partial charge in [0.15, 0.2) is 0 Å². The Morgan fingerprint density at radius 1 is 1.19 bits per heavy atom. The maximum absolute atomic E-state index is 5.55. The van der Waals surface area contributed by atoms with Crippen molar-refractivity contribution in [1.29, 1.82) is 0 Å². The van der Waals surface area contributed by atoms with E-state index >= 15 is 0 Å². The van der Waals surface area contributed by atoms with Gasteiger partial charge in [-0.3, -0.25) is 0 Å². The molecule has 0 fully saturated rings. The molecule has 5 heteroatoms. The largest absolute Gasteiger partial charge is 0.384 e. The predicted octanol–water partition coefficient (Wildman–Crippen LogP) is 2.43. The lowest BCUT2D eigenvalue weighted by molar-refractivity contribution is 1.08. The molecule has 0 atom stereocenters. The van der Waals surface area contributed by atoms with Crippen LogP contribution in [-0.4, -0.2) is 9.97 Å². The summed E-state index contributed by atoms with van der Waals surface area (Å²) in [6.45, 7) is 0.712. The zero-order chi connectivity index (χ0) is 11.4. The Kier molecular flexibility index (Phi) is 3.36. The molecule has 3 N–H and O–H groups in total. The second kappa shape index (κ2) is 4.94. The average molecular weight is 279 g/mol. The molecule has 0 aliphatic rings. The summed E-state index contributed by atoms with van der Waals surface area (Å²) in [6, 6.07) is 9.80. The Balaban J connectivity index is 1.99. The lowest BCUT2D eigenvalue weighted by atomic mass is 10.2. The third-order valence-electron chi connectivity index (χ3n) is 2.08. The first-order valence-corrected chi connectivity index (χ1v) is 5.59. The molecule has 2 rings (SSSR count). The van der Waals surface area contributed by atoms with Crippen LogP contribution in [0.5, 0.6) is 0 Å². The Bertz CT molecular complexity index is 470. The summed E-state index contributed by atoms with van der Waals surface area (Å²) in [6.07, 6.45) is 1.44. The van der Waals surface area contributed by atoms with Crippen molar-refractivity contribution in [3.8, 4) is 0 Å². The number of nitrogen functional groups attached to an aromatic ring is 1. The summed E-state index contributed by atoms with van der Waals surface area (Å²) < 4.78 is 1.07. The van der Waals surface area contributed by atoms with Crippen molar-refractivity contribution in [1.82, 2.24) is 9.97 Å². The third-order valence-corrected chi connectivity index (χ3v) is 2.60. The molecule has 0 bridgehead atoms. The van der Waals surface area contributed by atoms with Crippen LogP contribution in [0.15, 0.2) is 41.1 Å². The van der Waals surface area contributed by atoms with Crippen molar-refractivity contribution in [2.75, 3.05) is 11.1 Å². The quantitative estimate of drug-likeness (QED) is 0.905. The van der Waals surface area contributed by atoms with Crippen LogP contribution in [0.3, 0.4) is 0 Å². The highest BCUT2D eigenvalue weighted by molar-refractivity contribution is 9.10. The van der Waals surface area contributed by atoms with Gasteiger partial charge in [0.05, 0.1) is 0 Å². The summed E-state index contributed by atoms with van der Waals surface area (Å²) in [4.78, 5) is 7.89. The number of halogens is 1. The lowest BCUT2D eigenvalue weighted by Gasteiger charge is -2.05. The van der Waals surface area contributed by atoms with Crippen LogP contribution < -0.4 is 11.1 Å². The summed E-state index contributed by atoms with van der Waals surface area (Å²) in [5, 5.41) is 3.17. The molecule has 0 unspecified atom stereocenters. The van der Waals surface area contributed by atoms with Crippen molar-refractivity contribution in [3.05, 3.63) is 46.7 Å². The average Bonchev–Trinajstić information content (AvgIpc) is 2.28. The minimum absolute atomic E-state index is 0.466. The Labute approximate surface area is 102 Å². The van der Waals surface area contributed by atoms with Crippen LogP contribution in [0.1, 0.15) is 5.56 Å². The highest BCUT2D eigenvalue weighted by atomic mass is 79.9. The van der Waals surface area contributed by atoms with E-state index in [1.165, 1.54) is 11.9 Å². The SMILES string of the molecule is Nc1cc(NCc2ccc(Br)cc2)ncn1. The Morgan fingerprint density at radius 2 is 1.94 bits per heavy atom. The number of nitrogens with two attached hydrogens (primary N) is 1. The molecule has 1 aromatic carbocycles. The van der Waals surface area contributed by atoms with Gasteiger partial charge in [-0.15, -0.1) is 0 Å². The number of nitrogens with one attached hydrogen (secondary N) is 1. The van der Waals surface area contributed by atoms with Crippen molar-refractivity contribution in [2.24, 2.45) is 0 Å². The fraction of sp³-hybridized carbons (Fsp3) is 0.0909. The van der Waals surface area contributed by atoms with E-state index in [1.807, 2.05) is 24.3 Å². The van der Waals surface area contributed by atoms with E-state index < -0.39 is 0 Å². The summed E-state index contributed by atoms with van der Waals surface area (Å²) in [5.74, 6) is 1.20. The zero-order valence-corrected chi connectivity index (χ0v) is 10.1. The molecule has 0 aliphatic carbocycles. The van der Waals surface area contributed by atoms with E-state index in [0.717, 1.165) is 10.3 Å². The highest BCUT2D eigenvalue weighted by Gasteiger charge is 1.96. The number of benzene rings is 1. The molecule has 0 saturated carbocycles. The summed E-state index contributed by atoms with van der Waals surface area (Å²) >= 11 is 3.39. The predicted molar refractivity (Wildman–Crippen MR) is 67.9 cm³/mol. The molecular weight excluding hydrogens is 268 g/mol. The maximum Gasteiger partial charge on any atom is 0.131 e. The fourth-order valence-electron chi connectivity index (χ4n) is 1.26. The summed E-state index contributed by atoms with van der Waals surface area (Å²) in [5.41, 5.74) is 6.73. The molecule has 0 radical (unpaired) electrons. The normalized spacial score (nSPS) is 10.1. The summed E-state index contributed by atoms with van der Waals surface area (Å²) in [7, 11) is 0. The van der Waals surface area contributed by atoms with Gasteiger partial charge in [0.25, 0.3) is 0 Å². The number of aromatic nitrogens is 2. The van der Waals surface area contributed by atoms with Gasteiger partial charge in [-0.05, 0) is 17.7 Å². The Morgan fingerprint density at radius 3 is 2.62 bits per heavy atom. The molecule has 1 heterocycles. The monoisotopic (exact) mass is 278 g/mol. The van der Waals surface area contributed by atoms with Crippen molar-refractivity contribution < 1.29 is 0 Å². The van der Waals surface area contributed by atoms with E-state index in [9.17, 15) is 0 Å². The van der Waals surface area contributed by atoms with Crippen LogP contribution in [0, 0.1) is 0 Å². The van der Waals surface area contributed by atoms with Crippen LogP contribution in [0.25, 0.3) is 0 Å². The van der Waals surface area contributed by atoms with Gasteiger partial charge in [0, 0.05) is 17.1 Å². The fourth-order valence-corrected chi connectivity index (χ4v) is 1.53. The number of hydrogen-bond acceptors (Lipinski definition) is 4. The molecule has 0 saturated heterocycles. The van der Waals surface area contributed by atoms with Gasteiger partial charge in [-0.1, -0.05) is 28.1 Å². The second-order valence-corrected chi connectivity index (χ2v) is 4.22. The number of hydrogen-bond donors (Lipinski definition) is 2. The van der Waals surface area contributed by atoms with Crippen LogP contribution in [0.4, 0.5) is 11.6 Å². The van der Waals surface area contributed by atoms with Gasteiger partial charge in [0.2, 0.25) is 0 Å². The van der Waals surface area contributed by atoms with E-state index in [2.05, 4.69) is 31.2 Å². The van der Waals surface area contributed by atoms with Gasteiger partial charge in [0.1, 0.15) is 18.0 Å². The standard InChI is InChI=1S/C11H11BrN4/c12-9-3-1-8(2-4-9)6-14-11-5-10(13)15-7-16-11/h1-5,7H,6H2,(H3,13,14,15,16). The lowest BCUT2D eigenvalue weighted by Crippen LogP contribution is -2.02. The second-order valence-electron chi connectivity index (χ2n) is 3.31. The maximum atomic E-state index is 5.55. The highest BCUT2D eigenvalue weighted by Crippen LogP contribution is 2.12. The smallest absolute Gasteiger partial charge is 0.131 e. The van der Waals surface area contributed by atoms with Gasteiger partial charge in [-0.25, -0.2) is 9.97 Å². The van der Waals surface area contributed by atoms with Crippen molar-refractivity contribution in [3.63, 3.8) is 0 Å². The topological polar surface area (TPSA) is 63.8 Å². The first-order chi connectivity index (χ1) is 7.74. The van der Waals surface area contributed by atoms with Crippen LogP contribution in [-0.2, 0) is 6.54 Å². The van der Waals surface area contributed by atoms with Gasteiger partial charge >= 0.3 is 0 Å². The Hall–Kier alpha value is -1.62. The first-order valence-electron chi connectivity index (χ1n) is 4.80. The molecule has 2 aromatic rings. The van der Waals surface area contributed by atoms with Crippen LogP contribution in [0.2, 0.25) is 0 Å². The minimum Gasteiger partial charge on any atom is -0.384 e. The van der Waals surface area contributed by atoms with Crippen molar-refractivity contribution >= 4 is 27.6 Å². The molecule has 0 aliphatic heterocycles. The van der Waals surface area contributed by atoms with E-state index in [-0.39, 0.29) is 0 Å². The van der Waals surface area contributed by atoms with E-state index in [4.69, 9.17) is 5.73 Å². The number of rotatable bonds is 3. The zero-order valence-electron chi connectivity index (χ0n) is 8.52. The number of nitrogens with zero attached hydrogens (tertiary/aromatic N) is 2. The molecule has 1 aromatic heterocycles. The van der Waals surface area contributed by atoms with E-state index in [0.29, 0.717) is 12.4 Å². The molecule has 0 amide bonds. The molecular formula is C11H11BrN4. The van der Waals surface area contributed by atoms with Crippen LogP contribution >= 0.6 is 15.9 Å². The van der Waals surface area contributed by atoms with E-state index in [1.54, 1.807) is 6.07 Å². The number of anilines is 2. The third kappa shape index (κ3) is 2.93. The molecule has 16 heavy (non-hydrogen) atoms. The van der Waals surface area contributed by atoms with Gasteiger partial charge < -0.3 is 11.1 Å². The van der Waals surface area contributed by atoms with Crippen molar-refractivity contribution in [2.45, 2.75) is 6.54 Å². The first kappa shape index (κ1) is 10.9.